The van der Waals surface area contributed by atoms with Gasteiger partial charge >= 0.3 is 0 Å². The second-order valence-electron chi connectivity index (χ2n) is 7.27. The van der Waals surface area contributed by atoms with Gasteiger partial charge in [-0.3, -0.25) is 9.59 Å². The zero-order chi connectivity index (χ0) is 21.1. The number of nitriles is 1. The fourth-order valence-corrected chi connectivity index (χ4v) is 4.39. The number of carbonyl (C=O) groups excluding carboxylic acids is 2. The Balaban J connectivity index is 1.37. The molecule has 2 amide bonds. The molecule has 1 aliphatic rings. The molecular formula is C22H20N4O3S. The van der Waals surface area contributed by atoms with Crippen molar-refractivity contribution in [2.45, 2.75) is 37.8 Å². The summed E-state index contributed by atoms with van der Waals surface area (Å²) in [7, 11) is 0. The van der Waals surface area contributed by atoms with Gasteiger partial charge in [-0.2, -0.15) is 5.26 Å². The van der Waals surface area contributed by atoms with Gasteiger partial charge in [0.05, 0.1) is 21.8 Å². The average Bonchev–Trinajstić information content (AvgIpc) is 3.22. The molecule has 0 radical (unpaired) electrons. The minimum absolute atomic E-state index is 0.0333. The molecule has 0 spiro atoms. The smallest absolute Gasteiger partial charge is 0.254 e. The Morgan fingerprint density at radius 1 is 1.20 bits per heavy atom. The first-order valence-corrected chi connectivity index (χ1v) is 10.6. The lowest BCUT2D eigenvalue weighted by molar-refractivity contribution is 0.0881. The average molecular weight is 420 g/mol. The highest BCUT2D eigenvalue weighted by Crippen LogP contribution is 2.29. The van der Waals surface area contributed by atoms with E-state index in [0.717, 1.165) is 35.9 Å². The van der Waals surface area contributed by atoms with Crippen LogP contribution >= 0.6 is 11.3 Å². The first-order valence-electron chi connectivity index (χ1n) is 9.69. The molecular weight excluding hydrogens is 400 g/mol. The number of aromatic nitrogens is 1. The van der Waals surface area contributed by atoms with Gasteiger partial charge in [-0.1, -0.05) is 6.07 Å². The monoisotopic (exact) mass is 420 g/mol. The van der Waals surface area contributed by atoms with Gasteiger partial charge in [-0.15, -0.1) is 11.3 Å². The Morgan fingerprint density at radius 3 is 2.73 bits per heavy atom. The Bertz CT molecular complexity index is 1140. The molecule has 1 fully saturated rings. The number of carbonyl (C=O) groups is 2. The number of fused-ring (bicyclic) bond motifs is 1. The topological polar surface area (TPSA) is 118 Å². The number of pyridine rings is 1. The summed E-state index contributed by atoms with van der Waals surface area (Å²) >= 11 is 1.50. The number of amides is 2. The number of rotatable bonds is 5. The van der Waals surface area contributed by atoms with Gasteiger partial charge in [-0.25, -0.2) is 4.98 Å². The van der Waals surface area contributed by atoms with E-state index < -0.39 is 5.91 Å². The zero-order valence-electron chi connectivity index (χ0n) is 16.1. The number of hydrogen-bond acceptors (Lipinski definition) is 6. The minimum atomic E-state index is -0.562. The van der Waals surface area contributed by atoms with Crippen LogP contribution in [0.3, 0.4) is 0 Å². The fraction of sp³-hybridized carbons (Fsp3) is 0.273. The second-order valence-corrected chi connectivity index (χ2v) is 8.21. The highest BCUT2D eigenvalue weighted by molar-refractivity contribution is 7.17. The van der Waals surface area contributed by atoms with Crippen LogP contribution in [0.1, 0.15) is 52.0 Å². The van der Waals surface area contributed by atoms with Crippen LogP contribution in [0.5, 0.6) is 5.88 Å². The van der Waals surface area contributed by atoms with Crippen LogP contribution in [-0.4, -0.2) is 28.9 Å². The summed E-state index contributed by atoms with van der Waals surface area (Å²) in [5.74, 6) is -0.473. The summed E-state index contributed by atoms with van der Waals surface area (Å²) in [5.41, 5.74) is 7.52. The highest BCUT2D eigenvalue weighted by Gasteiger charge is 2.26. The third-order valence-electron chi connectivity index (χ3n) is 5.21. The van der Waals surface area contributed by atoms with Gasteiger partial charge in [0, 0.05) is 11.6 Å². The number of nitrogens with zero attached hydrogens (tertiary/aromatic N) is 2. The maximum atomic E-state index is 12.5. The van der Waals surface area contributed by atoms with Gasteiger partial charge in [0.1, 0.15) is 11.7 Å². The van der Waals surface area contributed by atoms with E-state index in [-0.39, 0.29) is 29.5 Å². The third kappa shape index (κ3) is 4.26. The van der Waals surface area contributed by atoms with Crippen molar-refractivity contribution >= 4 is 33.4 Å². The SMILES string of the molecule is N#Cc1cccc(C(=O)NC2CCC(Oc3nc4ccsc4cc3C(N)=O)CC2)c1. The van der Waals surface area contributed by atoms with Crippen LogP contribution < -0.4 is 15.8 Å². The molecule has 1 aliphatic carbocycles. The molecule has 8 heteroatoms. The van der Waals surface area contributed by atoms with Gasteiger partial charge < -0.3 is 15.8 Å². The van der Waals surface area contributed by atoms with Crippen LogP contribution in [0.4, 0.5) is 0 Å². The van der Waals surface area contributed by atoms with E-state index in [1.807, 2.05) is 17.5 Å². The molecule has 0 atom stereocenters. The van der Waals surface area contributed by atoms with E-state index in [4.69, 9.17) is 15.7 Å². The van der Waals surface area contributed by atoms with Crippen LogP contribution in [-0.2, 0) is 0 Å². The van der Waals surface area contributed by atoms with E-state index >= 15 is 0 Å². The number of nitrogens with one attached hydrogen (secondary N) is 1. The molecule has 0 bridgehead atoms. The van der Waals surface area contributed by atoms with Crippen molar-refractivity contribution in [2.75, 3.05) is 0 Å². The molecule has 4 rings (SSSR count). The van der Waals surface area contributed by atoms with Gasteiger partial charge in [0.25, 0.3) is 11.8 Å². The number of nitrogens with two attached hydrogens (primary N) is 1. The molecule has 152 valence electrons. The molecule has 0 aliphatic heterocycles. The van der Waals surface area contributed by atoms with Crippen LogP contribution in [0.25, 0.3) is 10.2 Å². The molecule has 0 saturated heterocycles. The molecule has 0 unspecified atom stereocenters. The molecule has 7 nitrogen and oxygen atoms in total. The summed E-state index contributed by atoms with van der Waals surface area (Å²) in [6, 6.07) is 12.3. The normalized spacial score (nSPS) is 18.5. The fourth-order valence-electron chi connectivity index (χ4n) is 3.63. The molecule has 3 N–H and O–H groups in total. The predicted molar refractivity (Wildman–Crippen MR) is 113 cm³/mol. The van der Waals surface area contributed by atoms with Crippen molar-refractivity contribution in [1.29, 1.82) is 5.26 Å². The maximum absolute atomic E-state index is 12.5. The van der Waals surface area contributed by atoms with Crippen LogP contribution in [0.15, 0.2) is 41.8 Å². The lowest BCUT2D eigenvalue weighted by Gasteiger charge is -2.29. The summed E-state index contributed by atoms with van der Waals surface area (Å²) in [6.45, 7) is 0. The van der Waals surface area contributed by atoms with E-state index in [1.54, 1.807) is 30.3 Å². The first-order chi connectivity index (χ1) is 14.5. The Kier molecular flexibility index (Phi) is 5.63. The number of ether oxygens (including phenoxy) is 1. The largest absolute Gasteiger partial charge is 0.474 e. The van der Waals surface area contributed by atoms with E-state index in [0.29, 0.717) is 11.1 Å². The van der Waals surface area contributed by atoms with Gasteiger partial charge in [-0.05, 0) is 61.4 Å². The number of primary amides is 1. The highest BCUT2D eigenvalue weighted by atomic mass is 32.1. The molecule has 1 aromatic carbocycles. The van der Waals surface area contributed by atoms with Gasteiger partial charge in [0.2, 0.25) is 5.88 Å². The molecule has 2 aromatic heterocycles. The van der Waals surface area contributed by atoms with Crippen molar-refractivity contribution in [3.05, 3.63) is 58.5 Å². The Labute approximate surface area is 177 Å². The van der Waals surface area contributed by atoms with E-state index in [1.165, 1.54) is 11.3 Å². The molecule has 1 saturated carbocycles. The number of thiophene rings is 1. The third-order valence-corrected chi connectivity index (χ3v) is 6.06. The first kappa shape index (κ1) is 19.9. The summed E-state index contributed by atoms with van der Waals surface area (Å²) in [6.07, 6.45) is 2.86. The molecule has 30 heavy (non-hydrogen) atoms. The quantitative estimate of drug-likeness (QED) is 0.656. The lowest BCUT2D eigenvalue weighted by atomic mass is 9.92. The maximum Gasteiger partial charge on any atom is 0.254 e. The summed E-state index contributed by atoms with van der Waals surface area (Å²) in [4.78, 5) is 28.7. The van der Waals surface area contributed by atoms with Crippen molar-refractivity contribution in [3.8, 4) is 11.9 Å². The van der Waals surface area contributed by atoms with Gasteiger partial charge in [0.15, 0.2) is 0 Å². The zero-order valence-corrected chi connectivity index (χ0v) is 16.9. The molecule has 2 heterocycles. The minimum Gasteiger partial charge on any atom is -0.474 e. The van der Waals surface area contributed by atoms with Crippen molar-refractivity contribution in [2.24, 2.45) is 5.73 Å². The van der Waals surface area contributed by atoms with Crippen LogP contribution in [0.2, 0.25) is 0 Å². The standard InChI is InChI=1S/C22H20N4O3S/c23-12-13-2-1-3-14(10-13)21(28)25-15-4-6-16(7-5-15)29-22-17(20(24)27)11-19-18(26-22)8-9-30-19/h1-3,8-11,15-16H,4-7H2,(H2,24,27)(H,25,28). The van der Waals surface area contributed by atoms with Crippen molar-refractivity contribution in [1.82, 2.24) is 10.3 Å². The summed E-state index contributed by atoms with van der Waals surface area (Å²) in [5, 5.41) is 13.9. The van der Waals surface area contributed by atoms with E-state index in [9.17, 15) is 9.59 Å². The predicted octanol–water partition coefficient (Wildman–Crippen LogP) is 3.39. The second kappa shape index (κ2) is 8.51. The van der Waals surface area contributed by atoms with Crippen molar-refractivity contribution in [3.63, 3.8) is 0 Å². The number of hydrogen-bond donors (Lipinski definition) is 2. The number of benzene rings is 1. The van der Waals surface area contributed by atoms with Crippen LogP contribution in [0, 0.1) is 11.3 Å². The Hall–Kier alpha value is -3.44. The van der Waals surface area contributed by atoms with E-state index in [2.05, 4.69) is 10.3 Å². The van der Waals surface area contributed by atoms with Crippen molar-refractivity contribution < 1.29 is 14.3 Å². The molecule has 3 aromatic rings. The summed E-state index contributed by atoms with van der Waals surface area (Å²) < 4.78 is 6.93. The Morgan fingerprint density at radius 2 is 2.00 bits per heavy atom. The lowest BCUT2D eigenvalue weighted by Crippen LogP contribution is -2.39.